The third-order valence-corrected chi connectivity index (χ3v) is 5.47. The standard InChI is InChI=1S/C19H21ClFN3OS/c1-26-17-4-2-3-16(12-17)22-19(25)24-9-7-23(8-10-24)13-14-5-6-15(21)11-18(14)20/h2-6,11-12H,7-10,13H2,1H3,(H,22,25). The average molecular weight is 394 g/mol. The number of thioether (sulfide) groups is 1. The summed E-state index contributed by atoms with van der Waals surface area (Å²) in [4.78, 5) is 17.6. The molecule has 0 radical (unpaired) electrons. The van der Waals surface area contributed by atoms with Crippen LogP contribution in [0.25, 0.3) is 0 Å². The molecule has 2 aromatic rings. The molecule has 26 heavy (non-hydrogen) atoms. The van der Waals surface area contributed by atoms with E-state index in [0.717, 1.165) is 29.2 Å². The lowest BCUT2D eigenvalue weighted by molar-refractivity contribution is 0.143. The maximum Gasteiger partial charge on any atom is 0.321 e. The Morgan fingerprint density at radius 1 is 1.19 bits per heavy atom. The van der Waals surface area contributed by atoms with Crippen molar-refractivity contribution in [2.75, 3.05) is 37.8 Å². The van der Waals surface area contributed by atoms with Crippen LogP contribution in [0.1, 0.15) is 5.56 Å². The van der Waals surface area contributed by atoms with E-state index in [1.54, 1.807) is 17.8 Å². The SMILES string of the molecule is CSc1cccc(NC(=O)N2CCN(Cc3ccc(F)cc3Cl)CC2)c1. The molecule has 1 fully saturated rings. The molecule has 0 unspecified atom stereocenters. The predicted molar refractivity (Wildman–Crippen MR) is 106 cm³/mol. The second-order valence-electron chi connectivity index (χ2n) is 6.16. The van der Waals surface area contributed by atoms with Crippen molar-refractivity contribution >= 4 is 35.1 Å². The number of urea groups is 1. The van der Waals surface area contributed by atoms with Crippen LogP contribution in [0, 0.1) is 5.82 Å². The normalized spacial score (nSPS) is 15.1. The molecule has 1 saturated heterocycles. The third kappa shape index (κ3) is 4.90. The van der Waals surface area contributed by atoms with E-state index in [1.165, 1.54) is 12.1 Å². The number of halogens is 2. The molecule has 0 bridgehead atoms. The highest BCUT2D eigenvalue weighted by molar-refractivity contribution is 7.98. The summed E-state index contributed by atoms with van der Waals surface area (Å²) < 4.78 is 13.1. The highest BCUT2D eigenvalue weighted by Crippen LogP contribution is 2.21. The zero-order chi connectivity index (χ0) is 18.5. The van der Waals surface area contributed by atoms with E-state index in [9.17, 15) is 9.18 Å². The largest absolute Gasteiger partial charge is 0.322 e. The fourth-order valence-electron chi connectivity index (χ4n) is 2.90. The van der Waals surface area contributed by atoms with Crippen molar-refractivity contribution in [1.82, 2.24) is 9.80 Å². The minimum atomic E-state index is -0.328. The Bertz CT molecular complexity index is 781. The van der Waals surface area contributed by atoms with E-state index < -0.39 is 0 Å². The van der Waals surface area contributed by atoms with Crippen molar-refractivity contribution < 1.29 is 9.18 Å². The molecule has 1 N–H and O–H groups in total. The third-order valence-electron chi connectivity index (χ3n) is 4.39. The Labute approximate surface area is 162 Å². The predicted octanol–water partition coefficient (Wildman–Crippen LogP) is 4.55. The molecular formula is C19H21ClFN3OS. The van der Waals surface area contributed by atoms with Gasteiger partial charge in [-0.1, -0.05) is 23.7 Å². The first-order valence-electron chi connectivity index (χ1n) is 8.41. The smallest absolute Gasteiger partial charge is 0.321 e. The lowest BCUT2D eigenvalue weighted by Gasteiger charge is -2.34. The van der Waals surface area contributed by atoms with Gasteiger partial charge in [0.1, 0.15) is 5.82 Å². The quantitative estimate of drug-likeness (QED) is 0.774. The van der Waals surface area contributed by atoms with E-state index in [-0.39, 0.29) is 11.8 Å². The molecule has 1 aliphatic rings. The number of carbonyl (C=O) groups excluding carboxylic acids is 1. The molecule has 2 amide bonds. The number of amides is 2. The van der Waals surface area contributed by atoms with Crippen LogP contribution >= 0.6 is 23.4 Å². The second kappa shape index (κ2) is 8.75. The number of hydrogen-bond donors (Lipinski definition) is 1. The summed E-state index contributed by atoms with van der Waals surface area (Å²) in [6, 6.07) is 12.2. The molecule has 1 aliphatic heterocycles. The molecule has 4 nitrogen and oxygen atoms in total. The first kappa shape index (κ1) is 19.0. The van der Waals surface area contributed by atoms with Gasteiger partial charge in [0.05, 0.1) is 0 Å². The Morgan fingerprint density at radius 2 is 1.96 bits per heavy atom. The second-order valence-corrected chi connectivity index (χ2v) is 7.45. The number of carbonyl (C=O) groups is 1. The summed E-state index contributed by atoms with van der Waals surface area (Å²) in [7, 11) is 0. The number of anilines is 1. The Kier molecular flexibility index (Phi) is 6.40. The summed E-state index contributed by atoms with van der Waals surface area (Å²) in [6.45, 7) is 3.46. The average Bonchev–Trinajstić information content (AvgIpc) is 2.64. The number of nitrogens with zero attached hydrogens (tertiary/aromatic N) is 2. The van der Waals surface area contributed by atoms with E-state index in [0.29, 0.717) is 24.7 Å². The van der Waals surface area contributed by atoms with Crippen LogP contribution in [0.3, 0.4) is 0 Å². The van der Waals surface area contributed by atoms with Crippen molar-refractivity contribution in [3.05, 3.63) is 58.9 Å². The van der Waals surface area contributed by atoms with Gasteiger partial charge >= 0.3 is 6.03 Å². The fraction of sp³-hybridized carbons (Fsp3) is 0.316. The lowest BCUT2D eigenvalue weighted by atomic mass is 10.2. The monoisotopic (exact) mass is 393 g/mol. The van der Waals surface area contributed by atoms with Crippen molar-refractivity contribution in [1.29, 1.82) is 0 Å². The number of piperazine rings is 1. The van der Waals surface area contributed by atoms with Gasteiger partial charge in [-0.05, 0) is 42.2 Å². The van der Waals surface area contributed by atoms with Crippen LogP contribution in [0.4, 0.5) is 14.9 Å². The molecule has 7 heteroatoms. The van der Waals surface area contributed by atoms with Gasteiger partial charge in [0, 0.05) is 48.3 Å². The van der Waals surface area contributed by atoms with Crippen LogP contribution < -0.4 is 5.32 Å². The minimum absolute atomic E-state index is 0.0808. The van der Waals surface area contributed by atoms with E-state index >= 15 is 0 Å². The van der Waals surface area contributed by atoms with Crippen molar-refractivity contribution in [3.63, 3.8) is 0 Å². The van der Waals surface area contributed by atoms with Crippen LogP contribution in [0.2, 0.25) is 5.02 Å². The van der Waals surface area contributed by atoms with Gasteiger partial charge in [-0.2, -0.15) is 0 Å². The summed E-state index contributed by atoms with van der Waals surface area (Å²) in [5.74, 6) is -0.328. The molecule has 0 aromatic heterocycles. The summed E-state index contributed by atoms with van der Waals surface area (Å²) in [6.07, 6.45) is 2.01. The molecule has 1 heterocycles. The molecule has 0 atom stereocenters. The number of hydrogen-bond acceptors (Lipinski definition) is 3. The molecule has 0 saturated carbocycles. The summed E-state index contributed by atoms with van der Waals surface area (Å²) >= 11 is 7.74. The Balaban J connectivity index is 1.52. The highest BCUT2D eigenvalue weighted by Gasteiger charge is 2.21. The minimum Gasteiger partial charge on any atom is -0.322 e. The zero-order valence-corrected chi connectivity index (χ0v) is 16.1. The van der Waals surface area contributed by atoms with Gasteiger partial charge < -0.3 is 10.2 Å². The van der Waals surface area contributed by atoms with Crippen LogP contribution in [0.5, 0.6) is 0 Å². The van der Waals surface area contributed by atoms with Gasteiger partial charge in [-0.15, -0.1) is 11.8 Å². The van der Waals surface area contributed by atoms with Gasteiger partial charge in [-0.25, -0.2) is 9.18 Å². The molecule has 2 aromatic carbocycles. The number of rotatable bonds is 4. The lowest BCUT2D eigenvalue weighted by Crippen LogP contribution is -2.49. The molecular weight excluding hydrogens is 373 g/mol. The van der Waals surface area contributed by atoms with E-state index in [1.807, 2.05) is 35.4 Å². The van der Waals surface area contributed by atoms with Gasteiger partial charge in [-0.3, -0.25) is 4.90 Å². The highest BCUT2D eigenvalue weighted by atomic mass is 35.5. The van der Waals surface area contributed by atoms with Crippen LogP contribution in [0.15, 0.2) is 47.4 Å². The molecule has 0 spiro atoms. The fourth-order valence-corrected chi connectivity index (χ4v) is 3.59. The Morgan fingerprint density at radius 3 is 2.65 bits per heavy atom. The van der Waals surface area contributed by atoms with Crippen molar-refractivity contribution in [2.24, 2.45) is 0 Å². The molecule has 3 rings (SSSR count). The van der Waals surface area contributed by atoms with Gasteiger partial charge in [0.25, 0.3) is 0 Å². The summed E-state index contributed by atoms with van der Waals surface area (Å²) in [5.41, 5.74) is 1.71. The molecule has 0 aliphatic carbocycles. The maximum absolute atomic E-state index is 13.1. The first-order valence-corrected chi connectivity index (χ1v) is 10.0. The maximum atomic E-state index is 13.1. The number of nitrogens with one attached hydrogen (secondary N) is 1. The van der Waals surface area contributed by atoms with E-state index in [2.05, 4.69) is 10.2 Å². The summed E-state index contributed by atoms with van der Waals surface area (Å²) in [5, 5.41) is 3.40. The van der Waals surface area contributed by atoms with Crippen molar-refractivity contribution in [3.8, 4) is 0 Å². The molecule has 138 valence electrons. The number of benzene rings is 2. The van der Waals surface area contributed by atoms with Gasteiger partial charge in [0.15, 0.2) is 0 Å². The van der Waals surface area contributed by atoms with Crippen LogP contribution in [-0.2, 0) is 6.54 Å². The van der Waals surface area contributed by atoms with E-state index in [4.69, 9.17) is 11.6 Å². The first-order chi connectivity index (χ1) is 12.5. The Hall–Kier alpha value is -1.76. The topological polar surface area (TPSA) is 35.6 Å². The van der Waals surface area contributed by atoms with Gasteiger partial charge in [0.2, 0.25) is 0 Å². The zero-order valence-electron chi connectivity index (χ0n) is 14.5. The van der Waals surface area contributed by atoms with Crippen LogP contribution in [-0.4, -0.2) is 48.3 Å². The van der Waals surface area contributed by atoms with Crippen molar-refractivity contribution in [2.45, 2.75) is 11.4 Å².